The number of aliphatic hydroxyl groups is 1. The molecule has 2 unspecified atom stereocenters. The van der Waals surface area contributed by atoms with Crippen LogP contribution in [0, 0.1) is 0 Å². The van der Waals surface area contributed by atoms with Gasteiger partial charge in [0.15, 0.2) is 0 Å². The van der Waals surface area contributed by atoms with Gasteiger partial charge in [-0.3, -0.25) is 0 Å². The van der Waals surface area contributed by atoms with Crippen molar-refractivity contribution in [3.05, 3.63) is 0 Å². The molecule has 0 saturated carbocycles. The normalized spacial score (nSPS) is 14.3. The van der Waals surface area contributed by atoms with Gasteiger partial charge in [0, 0.05) is 16.3 Å². The summed E-state index contributed by atoms with van der Waals surface area (Å²) >= 11 is 7.67. The molecule has 128 valence electrons. The first-order chi connectivity index (χ1) is 10.2. The molecule has 21 heavy (non-hydrogen) atoms. The molecular weight excluding hydrogens is 392 g/mol. The predicted molar refractivity (Wildman–Crippen MR) is 103 cm³/mol. The van der Waals surface area contributed by atoms with Crippen LogP contribution in [0.1, 0.15) is 96.8 Å². The largest absolute Gasteiger partial charge is 0.396 e. The third-order valence-electron chi connectivity index (χ3n) is 4.11. The molecule has 0 aliphatic rings. The van der Waals surface area contributed by atoms with Gasteiger partial charge in [0.25, 0.3) is 0 Å². The Morgan fingerprint density at radius 2 is 1.00 bits per heavy atom. The highest BCUT2D eigenvalue weighted by atomic mass is 79.9. The Morgan fingerprint density at radius 1 is 0.619 bits per heavy atom. The molecule has 0 saturated heterocycles. The van der Waals surface area contributed by atoms with Crippen LogP contribution in [0.25, 0.3) is 0 Å². The molecule has 2 atom stereocenters. The average molecular weight is 428 g/mol. The Kier molecular flexibility index (Phi) is 18.0. The highest BCUT2D eigenvalue weighted by molar-refractivity contribution is 9.12. The van der Waals surface area contributed by atoms with E-state index in [0.29, 0.717) is 16.3 Å². The van der Waals surface area contributed by atoms with E-state index in [4.69, 9.17) is 5.11 Å². The Morgan fingerprint density at radius 3 is 1.43 bits per heavy atom. The summed E-state index contributed by atoms with van der Waals surface area (Å²) in [6, 6.07) is 0. The number of alkyl halides is 2. The lowest BCUT2D eigenvalue weighted by Gasteiger charge is -2.16. The molecule has 3 heteroatoms. The highest BCUT2D eigenvalue weighted by Crippen LogP contribution is 2.25. The number of unbranched alkanes of at least 4 members (excludes halogenated alkanes) is 10. The summed E-state index contributed by atoms with van der Waals surface area (Å²) < 4.78 is 0. The fraction of sp³-hybridized carbons (Fsp3) is 1.00. The van der Waals surface area contributed by atoms with Crippen LogP contribution in [-0.2, 0) is 0 Å². The van der Waals surface area contributed by atoms with Gasteiger partial charge in [-0.15, -0.1) is 0 Å². The molecule has 0 rings (SSSR count). The standard InChI is InChI=1S/C18H36Br2O/c1-2-3-4-5-6-7-8-11-14-17(19)18(20)15-12-9-10-13-16-21/h17-18,21H,2-16H2,1H3. The van der Waals surface area contributed by atoms with E-state index in [1.54, 1.807) is 0 Å². The maximum atomic E-state index is 8.75. The topological polar surface area (TPSA) is 20.2 Å². The van der Waals surface area contributed by atoms with Crippen molar-refractivity contribution in [1.82, 2.24) is 0 Å². The zero-order valence-electron chi connectivity index (χ0n) is 14.0. The first-order valence-corrected chi connectivity index (χ1v) is 10.9. The quantitative estimate of drug-likeness (QED) is 0.208. The molecule has 0 aliphatic heterocycles. The third-order valence-corrected chi connectivity index (χ3v) is 7.02. The number of rotatable bonds is 16. The van der Waals surface area contributed by atoms with Crippen molar-refractivity contribution >= 4 is 31.9 Å². The predicted octanol–water partition coefficient (Wildman–Crippen LogP) is 6.99. The lowest BCUT2D eigenvalue weighted by Crippen LogP contribution is -2.13. The maximum Gasteiger partial charge on any atom is 0.0431 e. The van der Waals surface area contributed by atoms with E-state index in [9.17, 15) is 0 Å². The van der Waals surface area contributed by atoms with Crippen molar-refractivity contribution in [3.63, 3.8) is 0 Å². The summed E-state index contributed by atoms with van der Waals surface area (Å²) in [6.07, 6.45) is 18.4. The van der Waals surface area contributed by atoms with Crippen LogP contribution < -0.4 is 0 Å². The third kappa shape index (κ3) is 15.6. The second kappa shape index (κ2) is 17.3. The van der Waals surface area contributed by atoms with Crippen molar-refractivity contribution in [2.24, 2.45) is 0 Å². The maximum absolute atomic E-state index is 8.75. The second-order valence-electron chi connectivity index (χ2n) is 6.22. The van der Waals surface area contributed by atoms with E-state index in [1.807, 2.05) is 0 Å². The summed E-state index contributed by atoms with van der Waals surface area (Å²) in [6.45, 7) is 2.62. The van der Waals surface area contributed by atoms with Gasteiger partial charge < -0.3 is 5.11 Å². The Hall–Kier alpha value is 0.920. The molecule has 0 radical (unpaired) electrons. The first-order valence-electron chi connectivity index (χ1n) is 9.11. The van der Waals surface area contributed by atoms with Crippen molar-refractivity contribution in [2.75, 3.05) is 6.61 Å². The van der Waals surface area contributed by atoms with E-state index in [2.05, 4.69) is 38.8 Å². The molecular formula is C18H36Br2O. The molecule has 0 heterocycles. The van der Waals surface area contributed by atoms with Gasteiger partial charge in [0.05, 0.1) is 0 Å². The minimum Gasteiger partial charge on any atom is -0.396 e. The summed E-state index contributed by atoms with van der Waals surface area (Å²) in [5.41, 5.74) is 0. The van der Waals surface area contributed by atoms with Gasteiger partial charge in [0.2, 0.25) is 0 Å². The molecule has 0 amide bonds. The van der Waals surface area contributed by atoms with Crippen molar-refractivity contribution < 1.29 is 5.11 Å². The fourth-order valence-corrected chi connectivity index (χ4v) is 3.82. The smallest absolute Gasteiger partial charge is 0.0431 e. The lowest BCUT2D eigenvalue weighted by molar-refractivity contribution is 0.282. The van der Waals surface area contributed by atoms with Crippen molar-refractivity contribution in [3.8, 4) is 0 Å². The Labute approximate surface area is 149 Å². The molecule has 0 spiro atoms. The molecule has 0 aromatic carbocycles. The van der Waals surface area contributed by atoms with Crippen LogP contribution in [0.2, 0.25) is 0 Å². The van der Waals surface area contributed by atoms with E-state index >= 15 is 0 Å². The summed E-state index contributed by atoms with van der Waals surface area (Å²) in [5, 5.41) is 8.75. The van der Waals surface area contributed by atoms with Crippen LogP contribution in [0.5, 0.6) is 0 Å². The number of hydrogen-bond acceptors (Lipinski definition) is 1. The molecule has 0 fully saturated rings. The molecule has 0 aromatic heterocycles. The van der Waals surface area contributed by atoms with Gasteiger partial charge in [-0.05, 0) is 19.3 Å². The SMILES string of the molecule is CCCCCCCCCCC(Br)C(Br)CCCCCCO. The highest BCUT2D eigenvalue weighted by Gasteiger charge is 2.14. The fourth-order valence-electron chi connectivity index (χ4n) is 2.64. The van der Waals surface area contributed by atoms with Gasteiger partial charge in [0.1, 0.15) is 0 Å². The minimum absolute atomic E-state index is 0.344. The minimum atomic E-state index is 0.344. The van der Waals surface area contributed by atoms with Crippen molar-refractivity contribution in [1.29, 1.82) is 0 Å². The Balaban J connectivity index is 3.32. The van der Waals surface area contributed by atoms with E-state index in [0.717, 1.165) is 6.42 Å². The van der Waals surface area contributed by atoms with Crippen LogP contribution in [-0.4, -0.2) is 21.4 Å². The van der Waals surface area contributed by atoms with Crippen LogP contribution in [0.4, 0.5) is 0 Å². The van der Waals surface area contributed by atoms with Crippen LogP contribution in [0.3, 0.4) is 0 Å². The monoisotopic (exact) mass is 426 g/mol. The average Bonchev–Trinajstić information content (AvgIpc) is 2.49. The first kappa shape index (κ1) is 21.9. The van der Waals surface area contributed by atoms with E-state index < -0.39 is 0 Å². The number of aliphatic hydroxyl groups excluding tert-OH is 1. The molecule has 1 N–H and O–H groups in total. The second-order valence-corrected chi connectivity index (χ2v) is 8.57. The van der Waals surface area contributed by atoms with Crippen LogP contribution >= 0.6 is 31.9 Å². The van der Waals surface area contributed by atoms with Gasteiger partial charge in [-0.1, -0.05) is 109 Å². The number of hydrogen-bond donors (Lipinski definition) is 1. The zero-order chi connectivity index (χ0) is 15.8. The van der Waals surface area contributed by atoms with Crippen molar-refractivity contribution in [2.45, 2.75) is 106 Å². The zero-order valence-corrected chi connectivity index (χ0v) is 17.1. The summed E-state index contributed by atoms with van der Waals surface area (Å²) in [5.74, 6) is 0. The van der Waals surface area contributed by atoms with E-state index in [-0.39, 0.29) is 0 Å². The van der Waals surface area contributed by atoms with Gasteiger partial charge in [-0.25, -0.2) is 0 Å². The molecule has 1 nitrogen and oxygen atoms in total. The van der Waals surface area contributed by atoms with Gasteiger partial charge >= 0.3 is 0 Å². The molecule has 0 aliphatic carbocycles. The van der Waals surface area contributed by atoms with Gasteiger partial charge in [-0.2, -0.15) is 0 Å². The Bertz CT molecular complexity index is 200. The molecule has 0 bridgehead atoms. The molecule has 0 aromatic rings. The number of halogens is 2. The summed E-state index contributed by atoms with van der Waals surface area (Å²) in [7, 11) is 0. The summed E-state index contributed by atoms with van der Waals surface area (Å²) in [4.78, 5) is 1.23. The van der Waals surface area contributed by atoms with Crippen LogP contribution in [0.15, 0.2) is 0 Å². The lowest BCUT2D eigenvalue weighted by atomic mass is 10.0. The van der Waals surface area contributed by atoms with E-state index in [1.165, 1.54) is 83.5 Å².